The van der Waals surface area contributed by atoms with E-state index in [1.54, 1.807) is 0 Å². The zero-order valence-corrected chi connectivity index (χ0v) is 11.3. The molecule has 1 unspecified atom stereocenters. The highest BCUT2D eigenvalue weighted by molar-refractivity contribution is 5.92. The Labute approximate surface area is 109 Å². The summed E-state index contributed by atoms with van der Waals surface area (Å²) in [5.74, 6) is 0.688. The van der Waals surface area contributed by atoms with Gasteiger partial charge in [0.25, 0.3) is 0 Å². The van der Waals surface area contributed by atoms with Crippen LogP contribution in [0.1, 0.15) is 32.8 Å². The molecule has 0 aliphatic carbocycles. The maximum Gasteiger partial charge on any atom is 0.224 e. The second-order valence-corrected chi connectivity index (χ2v) is 4.35. The van der Waals surface area contributed by atoms with E-state index in [0.29, 0.717) is 18.8 Å². The van der Waals surface area contributed by atoms with Gasteiger partial charge in [0.15, 0.2) is 0 Å². The van der Waals surface area contributed by atoms with Gasteiger partial charge in [-0.05, 0) is 38.0 Å². The molecular formula is C14H22N2O2. The van der Waals surface area contributed by atoms with Crippen LogP contribution in [0.25, 0.3) is 0 Å². The van der Waals surface area contributed by atoms with Crippen molar-refractivity contribution in [2.24, 2.45) is 5.73 Å². The Morgan fingerprint density at radius 1 is 1.44 bits per heavy atom. The van der Waals surface area contributed by atoms with E-state index in [9.17, 15) is 4.79 Å². The van der Waals surface area contributed by atoms with Crippen molar-refractivity contribution in [3.63, 3.8) is 0 Å². The minimum absolute atomic E-state index is 0.0177. The summed E-state index contributed by atoms with van der Waals surface area (Å²) in [5, 5.41) is 2.83. The predicted molar refractivity (Wildman–Crippen MR) is 73.9 cm³/mol. The van der Waals surface area contributed by atoms with Gasteiger partial charge in [-0.25, -0.2) is 0 Å². The van der Waals surface area contributed by atoms with Crippen LogP contribution in [0.5, 0.6) is 5.75 Å². The lowest BCUT2D eigenvalue weighted by atomic mass is 10.1. The minimum atomic E-state index is -0.0177. The van der Waals surface area contributed by atoms with Crippen LogP contribution < -0.4 is 15.8 Å². The van der Waals surface area contributed by atoms with Crippen LogP contribution in [0, 0.1) is 0 Å². The number of carbonyl (C=O) groups is 1. The summed E-state index contributed by atoms with van der Waals surface area (Å²) in [6, 6.07) is 5.89. The first-order valence-corrected chi connectivity index (χ1v) is 6.38. The van der Waals surface area contributed by atoms with Gasteiger partial charge in [0.05, 0.1) is 12.3 Å². The van der Waals surface area contributed by atoms with Crippen LogP contribution in [-0.2, 0) is 11.2 Å². The average Bonchev–Trinajstić information content (AvgIpc) is 2.32. The highest BCUT2D eigenvalue weighted by Gasteiger charge is 2.08. The SMILES string of the molecule is CCOc1cc(CC(C)N)ccc1NC(=O)CC. The summed E-state index contributed by atoms with van der Waals surface area (Å²) in [7, 11) is 0. The van der Waals surface area contributed by atoms with Gasteiger partial charge in [0.1, 0.15) is 5.75 Å². The van der Waals surface area contributed by atoms with Crippen LogP contribution in [0.2, 0.25) is 0 Å². The van der Waals surface area contributed by atoms with Crippen LogP contribution in [0.4, 0.5) is 5.69 Å². The molecule has 18 heavy (non-hydrogen) atoms. The number of carbonyl (C=O) groups excluding carboxylic acids is 1. The quantitative estimate of drug-likeness (QED) is 0.814. The molecule has 4 heteroatoms. The zero-order valence-electron chi connectivity index (χ0n) is 11.3. The first-order chi connectivity index (χ1) is 8.56. The number of rotatable bonds is 6. The van der Waals surface area contributed by atoms with Crippen LogP contribution >= 0.6 is 0 Å². The smallest absolute Gasteiger partial charge is 0.224 e. The van der Waals surface area contributed by atoms with Crippen molar-refractivity contribution in [1.29, 1.82) is 0 Å². The molecule has 0 spiro atoms. The molecule has 100 valence electrons. The van der Waals surface area contributed by atoms with Crippen molar-refractivity contribution >= 4 is 11.6 Å². The van der Waals surface area contributed by atoms with E-state index in [0.717, 1.165) is 17.7 Å². The van der Waals surface area contributed by atoms with E-state index in [2.05, 4.69) is 5.32 Å². The Morgan fingerprint density at radius 2 is 2.17 bits per heavy atom. The van der Waals surface area contributed by atoms with E-state index in [-0.39, 0.29) is 11.9 Å². The summed E-state index contributed by atoms with van der Waals surface area (Å²) in [5.41, 5.74) is 7.61. The molecule has 0 fully saturated rings. The Morgan fingerprint density at radius 3 is 2.72 bits per heavy atom. The largest absolute Gasteiger partial charge is 0.492 e. The molecule has 1 atom stereocenters. The molecule has 3 N–H and O–H groups in total. The molecule has 0 saturated heterocycles. The van der Waals surface area contributed by atoms with Gasteiger partial charge in [-0.3, -0.25) is 4.79 Å². The zero-order chi connectivity index (χ0) is 13.5. The van der Waals surface area contributed by atoms with Gasteiger partial charge < -0.3 is 15.8 Å². The Kier molecular flexibility index (Phi) is 5.65. The van der Waals surface area contributed by atoms with Crippen molar-refractivity contribution in [2.75, 3.05) is 11.9 Å². The lowest BCUT2D eigenvalue weighted by Crippen LogP contribution is -2.18. The normalized spacial score (nSPS) is 12.0. The lowest BCUT2D eigenvalue weighted by Gasteiger charge is -2.13. The molecule has 1 aromatic rings. The Bertz CT molecular complexity index is 403. The first kappa shape index (κ1) is 14.5. The fourth-order valence-electron chi connectivity index (χ4n) is 1.68. The predicted octanol–water partition coefficient (Wildman–Crippen LogP) is 2.32. The number of benzene rings is 1. The summed E-state index contributed by atoms with van der Waals surface area (Å²) in [6.45, 7) is 6.27. The molecule has 0 aliphatic heterocycles. The van der Waals surface area contributed by atoms with Gasteiger partial charge in [-0.15, -0.1) is 0 Å². The molecule has 0 radical (unpaired) electrons. The minimum Gasteiger partial charge on any atom is -0.492 e. The molecule has 0 saturated carbocycles. The second kappa shape index (κ2) is 7.01. The number of nitrogens with two attached hydrogens (primary N) is 1. The molecular weight excluding hydrogens is 228 g/mol. The maximum atomic E-state index is 11.4. The average molecular weight is 250 g/mol. The molecule has 1 amide bonds. The van der Waals surface area contributed by atoms with E-state index < -0.39 is 0 Å². The van der Waals surface area contributed by atoms with E-state index in [1.165, 1.54) is 0 Å². The molecule has 0 aromatic heterocycles. The van der Waals surface area contributed by atoms with Crippen molar-refractivity contribution in [3.8, 4) is 5.75 Å². The van der Waals surface area contributed by atoms with Gasteiger partial charge in [-0.1, -0.05) is 13.0 Å². The summed E-state index contributed by atoms with van der Waals surface area (Å²) < 4.78 is 5.55. The van der Waals surface area contributed by atoms with E-state index in [4.69, 9.17) is 10.5 Å². The number of anilines is 1. The van der Waals surface area contributed by atoms with Gasteiger partial charge in [0.2, 0.25) is 5.91 Å². The Hall–Kier alpha value is -1.55. The molecule has 1 rings (SSSR count). The standard InChI is InChI=1S/C14H22N2O2/c1-4-14(17)16-12-7-6-11(8-10(3)15)9-13(12)18-5-2/h6-7,9-10H,4-5,8,15H2,1-3H3,(H,16,17). The van der Waals surface area contributed by atoms with Crippen molar-refractivity contribution in [2.45, 2.75) is 39.7 Å². The number of nitrogens with one attached hydrogen (secondary N) is 1. The Balaban J connectivity index is 2.92. The second-order valence-electron chi connectivity index (χ2n) is 4.35. The molecule has 0 heterocycles. The highest BCUT2D eigenvalue weighted by Crippen LogP contribution is 2.26. The fourth-order valence-corrected chi connectivity index (χ4v) is 1.68. The molecule has 0 aliphatic rings. The number of ether oxygens (including phenoxy) is 1. The van der Waals surface area contributed by atoms with Crippen molar-refractivity contribution in [1.82, 2.24) is 0 Å². The molecule has 4 nitrogen and oxygen atoms in total. The van der Waals surface area contributed by atoms with Crippen LogP contribution in [0.15, 0.2) is 18.2 Å². The van der Waals surface area contributed by atoms with Gasteiger partial charge >= 0.3 is 0 Å². The molecule has 0 bridgehead atoms. The monoisotopic (exact) mass is 250 g/mol. The number of amides is 1. The third-order valence-corrected chi connectivity index (χ3v) is 2.50. The van der Waals surface area contributed by atoms with Gasteiger partial charge in [0, 0.05) is 12.5 Å². The highest BCUT2D eigenvalue weighted by atomic mass is 16.5. The third-order valence-electron chi connectivity index (χ3n) is 2.50. The van der Waals surface area contributed by atoms with Crippen LogP contribution in [0.3, 0.4) is 0 Å². The van der Waals surface area contributed by atoms with Crippen LogP contribution in [-0.4, -0.2) is 18.6 Å². The third kappa shape index (κ3) is 4.37. The maximum absolute atomic E-state index is 11.4. The molecule has 1 aromatic carbocycles. The number of hydrogen-bond donors (Lipinski definition) is 2. The van der Waals surface area contributed by atoms with E-state index in [1.807, 2.05) is 39.0 Å². The van der Waals surface area contributed by atoms with E-state index >= 15 is 0 Å². The summed E-state index contributed by atoms with van der Waals surface area (Å²) in [6.07, 6.45) is 1.25. The van der Waals surface area contributed by atoms with Gasteiger partial charge in [-0.2, -0.15) is 0 Å². The topological polar surface area (TPSA) is 64.3 Å². The number of hydrogen-bond acceptors (Lipinski definition) is 3. The summed E-state index contributed by atoms with van der Waals surface area (Å²) >= 11 is 0. The first-order valence-electron chi connectivity index (χ1n) is 6.38. The lowest BCUT2D eigenvalue weighted by molar-refractivity contribution is -0.115. The fraction of sp³-hybridized carbons (Fsp3) is 0.500. The van der Waals surface area contributed by atoms with Crippen molar-refractivity contribution < 1.29 is 9.53 Å². The summed E-state index contributed by atoms with van der Waals surface area (Å²) in [4.78, 5) is 11.4. The van der Waals surface area contributed by atoms with Crippen molar-refractivity contribution in [3.05, 3.63) is 23.8 Å².